The van der Waals surface area contributed by atoms with Gasteiger partial charge in [-0.25, -0.2) is 9.59 Å². The van der Waals surface area contributed by atoms with E-state index in [0.717, 1.165) is 0 Å². The first-order valence-corrected chi connectivity index (χ1v) is 3.36. The number of carboxylic acids is 1. The van der Waals surface area contributed by atoms with Gasteiger partial charge < -0.3 is 16.2 Å². The summed E-state index contributed by atoms with van der Waals surface area (Å²) < 4.78 is 0. The summed E-state index contributed by atoms with van der Waals surface area (Å²) in [4.78, 5) is 20.6. The SMILES string of the molecule is CCC[C@@H](NC(N)=O)C(=O)O. The molecule has 0 aromatic heterocycles. The molecule has 64 valence electrons. The van der Waals surface area contributed by atoms with Gasteiger partial charge in [-0.1, -0.05) is 13.3 Å². The van der Waals surface area contributed by atoms with Crippen molar-refractivity contribution in [1.82, 2.24) is 5.32 Å². The molecule has 0 aromatic carbocycles. The normalized spacial score (nSPS) is 12.1. The zero-order valence-corrected chi connectivity index (χ0v) is 6.33. The van der Waals surface area contributed by atoms with Gasteiger partial charge in [0, 0.05) is 0 Å². The van der Waals surface area contributed by atoms with Crippen molar-refractivity contribution in [2.24, 2.45) is 5.73 Å². The average molecular weight is 160 g/mol. The molecule has 4 N–H and O–H groups in total. The summed E-state index contributed by atoms with van der Waals surface area (Å²) >= 11 is 0. The predicted molar refractivity (Wildman–Crippen MR) is 39.1 cm³/mol. The molecule has 0 bridgehead atoms. The van der Waals surface area contributed by atoms with E-state index >= 15 is 0 Å². The summed E-state index contributed by atoms with van der Waals surface area (Å²) in [5.41, 5.74) is 4.75. The van der Waals surface area contributed by atoms with Gasteiger partial charge in [0.1, 0.15) is 6.04 Å². The molecular formula is C6H12N2O3. The van der Waals surface area contributed by atoms with Crippen LogP contribution in [0.3, 0.4) is 0 Å². The quantitative estimate of drug-likeness (QED) is 0.536. The maximum atomic E-state index is 10.4. The van der Waals surface area contributed by atoms with Crippen molar-refractivity contribution in [2.45, 2.75) is 25.8 Å². The second-order valence-electron chi connectivity index (χ2n) is 2.19. The molecule has 0 heterocycles. The Hall–Kier alpha value is -1.26. The Morgan fingerprint density at radius 1 is 1.64 bits per heavy atom. The Morgan fingerprint density at radius 2 is 2.18 bits per heavy atom. The number of urea groups is 1. The number of aliphatic carboxylic acids is 1. The first-order chi connectivity index (χ1) is 5.07. The summed E-state index contributed by atoms with van der Waals surface area (Å²) in [6.45, 7) is 1.83. The highest BCUT2D eigenvalue weighted by Crippen LogP contribution is 1.95. The van der Waals surface area contributed by atoms with Crippen molar-refractivity contribution >= 4 is 12.0 Å². The number of carbonyl (C=O) groups excluding carboxylic acids is 1. The van der Waals surface area contributed by atoms with Crippen molar-refractivity contribution in [3.05, 3.63) is 0 Å². The van der Waals surface area contributed by atoms with Crippen molar-refractivity contribution < 1.29 is 14.7 Å². The molecule has 0 rings (SSSR count). The van der Waals surface area contributed by atoms with Gasteiger partial charge in [-0.3, -0.25) is 0 Å². The van der Waals surface area contributed by atoms with Crippen LogP contribution in [0.1, 0.15) is 19.8 Å². The van der Waals surface area contributed by atoms with Crippen LogP contribution in [0, 0.1) is 0 Å². The maximum Gasteiger partial charge on any atom is 0.326 e. The second kappa shape index (κ2) is 4.54. The fourth-order valence-electron chi connectivity index (χ4n) is 0.718. The van der Waals surface area contributed by atoms with E-state index in [-0.39, 0.29) is 0 Å². The number of amides is 2. The molecule has 0 aliphatic heterocycles. The topological polar surface area (TPSA) is 92.4 Å². The van der Waals surface area contributed by atoms with E-state index in [4.69, 9.17) is 10.8 Å². The largest absolute Gasteiger partial charge is 0.480 e. The van der Waals surface area contributed by atoms with Crippen LogP contribution in [0.4, 0.5) is 4.79 Å². The van der Waals surface area contributed by atoms with Gasteiger partial charge in [0.25, 0.3) is 0 Å². The number of hydrogen-bond donors (Lipinski definition) is 3. The Labute approximate surface area is 64.6 Å². The highest BCUT2D eigenvalue weighted by Gasteiger charge is 2.16. The van der Waals surface area contributed by atoms with Gasteiger partial charge in [0.2, 0.25) is 0 Å². The van der Waals surface area contributed by atoms with Crippen LogP contribution in [0.5, 0.6) is 0 Å². The van der Waals surface area contributed by atoms with Crippen molar-refractivity contribution in [3.8, 4) is 0 Å². The third-order valence-electron chi connectivity index (χ3n) is 1.19. The number of carbonyl (C=O) groups is 2. The zero-order valence-electron chi connectivity index (χ0n) is 6.33. The third-order valence-corrected chi connectivity index (χ3v) is 1.19. The molecule has 5 heteroatoms. The fourth-order valence-corrected chi connectivity index (χ4v) is 0.718. The summed E-state index contributed by atoms with van der Waals surface area (Å²) in [6, 6.07) is -1.65. The first-order valence-electron chi connectivity index (χ1n) is 3.36. The maximum absolute atomic E-state index is 10.4. The van der Waals surface area contributed by atoms with Gasteiger partial charge in [-0.15, -0.1) is 0 Å². The van der Waals surface area contributed by atoms with Crippen LogP contribution in [0.2, 0.25) is 0 Å². The molecule has 0 saturated heterocycles. The molecular weight excluding hydrogens is 148 g/mol. The van der Waals surface area contributed by atoms with E-state index < -0.39 is 18.0 Å². The number of hydrogen-bond acceptors (Lipinski definition) is 2. The summed E-state index contributed by atoms with van der Waals surface area (Å²) in [5, 5.41) is 10.6. The van der Waals surface area contributed by atoms with E-state index in [9.17, 15) is 9.59 Å². The lowest BCUT2D eigenvalue weighted by Crippen LogP contribution is -2.43. The number of nitrogens with two attached hydrogens (primary N) is 1. The molecule has 0 fully saturated rings. The first kappa shape index (κ1) is 9.74. The van der Waals surface area contributed by atoms with E-state index in [1.54, 1.807) is 0 Å². The third kappa shape index (κ3) is 4.19. The van der Waals surface area contributed by atoms with Crippen molar-refractivity contribution in [1.29, 1.82) is 0 Å². The highest BCUT2D eigenvalue weighted by molar-refractivity contribution is 5.81. The molecule has 0 aliphatic carbocycles. The fraction of sp³-hybridized carbons (Fsp3) is 0.667. The van der Waals surface area contributed by atoms with E-state index in [2.05, 4.69) is 5.32 Å². The van der Waals surface area contributed by atoms with Crippen LogP contribution in [0.15, 0.2) is 0 Å². The van der Waals surface area contributed by atoms with Gasteiger partial charge in [0.05, 0.1) is 0 Å². The Kier molecular flexibility index (Phi) is 4.02. The van der Waals surface area contributed by atoms with Gasteiger partial charge in [0.15, 0.2) is 0 Å². The second-order valence-corrected chi connectivity index (χ2v) is 2.19. The average Bonchev–Trinajstić information content (AvgIpc) is 1.86. The minimum atomic E-state index is -1.05. The molecule has 5 nitrogen and oxygen atoms in total. The Bertz CT molecular complexity index is 158. The lowest BCUT2D eigenvalue weighted by molar-refractivity contribution is -0.139. The van der Waals surface area contributed by atoms with E-state index in [0.29, 0.717) is 12.8 Å². The molecule has 1 atom stereocenters. The number of carboxylic acid groups (broad SMARTS) is 1. The Balaban J connectivity index is 3.89. The monoisotopic (exact) mass is 160 g/mol. The molecule has 2 amide bonds. The standard InChI is InChI=1S/C6H12N2O3/c1-2-3-4(5(9)10)8-6(7)11/h4H,2-3H2,1H3,(H,9,10)(H3,7,8,11)/t4-/m1/s1. The van der Waals surface area contributed by atoms with Crippen LogP contribution < -0.4 is 11.1 Å². The summed E-state index contributed by atoms with van der Waals surface area (Å²) in [6.07, 6.45) is 1.09. The van der Waals surface area contributed by atoms with Crippen LogP contribution >= 0.6 is 0 Å². The molecule has 0 radical (unpaired) electrons. The summed E-state index contributed by atoms with van der Waals surface area (Å²) in [7, 11) is 0. The Morgan fingerprint density at radius 3 is 2.45 bits per heavy atom. The summed E-state index contributed by atoms with van der Waals surface area (Å²) in [5.74, 6) is -1.05. The van der Waals surface area contributed by atoms with Crippen LogP contribution in [0.25, 0.3) is 0 Å². The number of nitrogens with one attached hydrogen (secondary N) is 1. The highest BCUT2D eigenvalue weighted by atomic mass is 16.4. The lowest BCUT2D eigenvalue weighted by Gasteiger charge is -2.10. The molecule has 0 aliphatic rings. The minimum absolute atomic E-state index is 0.401. The zero-order chi connectivity index (χ0) is 8.85. The van der Waals surface area contributed by atoms with Crippen LogP contribution in [-0.4, -0.2) is 23.1 Å². The van der Waals surface area contributed by atoms with Crippen molar-refractivity contribution in [2.75, 3.05) is 0 Å². The molecule has 0 spiro atoms. The lowest BCUT2D eigenvalue weighted by atomic mass is 10.2. The molecule has 0 saturated carbocycles. The number of primary amides is 1. The van der Waals surface area contributed by atoms with Crippen LogP contribution in [-0.2, 0) is 4.79 Å². The molecule has 0 aromatic rings. The molecule has 0 unspecified atom stereocenters. The minimum Gasteiger partial charge on any atom is -0.480 e. The smallest absolute Gasteiger partial charge is 0.326 e. The predicted octanol–water partition coefficient (Wildman–Crippen LogP) is -0.0920. The molecule has 11 heavy (non-hydrogen) atoms. The van der Waals surface area contributed by atoms with Gasteiger partial charge >= 0.3 is 12.0 Å². The van der Waals surface area contributed by atoms with E-state index in [1.165, 1.54) is 0 Å². The van der Waals surface area contributed by atoms with E-state index in [1.807, 2.05) is 6.92 Å². The number of rotatable bonds is 4. The van der Waals surface area contributed by atoms with Gasteiger partial charge in [-0.2, -0.15) is 0 Å². The van der Waals surface area contributed by atoms with Crippen molar-refractivity contribution in [3.63, 3.8) is 0 Å². The van der Waals surface area contributed by atoms with Gasteiger partial charge in [-0.05, 0) is 6.42 Å².